The predicted molar refractivity (Wildman–Crippen MR) is 74.7 cm³/mol. The minimum Gasteiger partial charge on any atom is -0.353 e. The minimum absolute atomic E-state index is 0.0681. The zero-order chi connectivity index (χ0) is 13.2. The van der Waals surface area contributed by atoms with Crippen LogP contribution in [0.5, 0.6) is 0 Å². The van der Waals surface area contributed by atoms with Crippen molar-refractivity contribution in [3.63, 3.8) is 0 Å². The van der Waals surface area contributed by atoms with E-state index < -0.39 is 0 Å². The molecule has 2 aromatic rings. The molecule has 0 saturated heterocycles. The lowest BCUT2D eigenvalue weighted by Crippen LogP contribution is -2.29. The second-order valence-corrected chi connectivity index (χ2v) is 5.41. The Bertz CT molecular complexity index is 588. The van der Waals surface area contributed by atoms with E-state index in [9.17, 15) is 4.79 Å². The number of rotatable bonds is 4. The molecular formula is C14H16N2O2S. The Morgan fingerprint density at radius 1 is 1.47 bits per heavy atom. The molecule has 0 saturated carbocycles. The molecule has 100 valence electrons. The number of ether oxygens (including phenoxy) is 1. The number of thiophene rings is 1. The molecule has 0 aliphatic carbocycles. The fourth-order valence-corrected chi connectivity index (χ4v) is 3.10. The van der Waals surface area contributed by atoms with Gasteiger partial charge in [0, 0.05) is 12.8 Å². The van der Waals surface area contributed by atoms with Crippen molar-refractivity contribution in [1.82, 2.24) is 9.88 Å². The van der Waals surface area contributed by atoms with E-state index in [1.807, 2.05) is 34.3 Å². The Morgan fingerprint density at radius 2 is 2.37 bits per heavy atom. The number of carbonyl (C=O) groups excluding carboxylic acids is 1. The van der Waals surface area contributed by atoms with Crippen LogP contribution in [0.2, 0.25) is 0 Å². The second kappa shape index (κ2) is 5.19. The lowest BCUT2D eigenvalue weighted by atomic mass is 10.3. The van der Waals surface area contributed by atoms with Gasteiger partial charge in [0.25, 0.3) is 5.91 Å². The van der Waals surface area contributed by atoms with Crippen molar-refractivity contribution >= 4 is 17.2 Å². The summed E-state index contributed by atoms with van der Waals surface area (Å²) < 4.78 is 7.85. The van der Waals surface area contributed by atoms with E-state index in [2.05, 4.69) is 12.2 Å². The van der Waals surface area contributed by atoms with E-state index in [0.717, 1.165) is 23.5 Å². The maximum atomic E-state index is 12.2. The number of hydrogen-bond acceptors (Lipinski definition) is 3. The summed E-state index contributed by atoms with van der Waals surface area (Å²) in [6, 6.07) is 5.83. The summed E-state index contributed by atoms with van der Waals surface area (Å²) in [5, 5.41) is 5.84. The SMILES string of the molecule is CCCCOC1NC(=O)c2ccsc2-n2cccc21. The van der Waals surface area contributed by atoms with Crippen LogP contribution < -0.4 is 5.32 Å². The van der Waals surface area contributed by atoms with Gasteiger partial charge in [0.1, 0.15) is 5.00 Å². The van der Waals surface area contributed by atoms with Crippen LogP contribution in [0.1, 0.15) is 42.0 Å². The molecule has 1 amide bonds. The summed E-state index contributed by atoms with van der Waals surface area (Å²) in [5.74, 6) is -0.0681. The molecule has 0 bridgehead atoms. The first-order valence-electron chi connectivity index (χ1n) is 6.49. The largest absolute Gasteiger partial charge is 0.353 e. The van der Waals surface area contributed by atoms with Gasteiger partial charge in [0.05, 0.1) is 11.3 Å². The molecule has 1 N–H and O–H groups in total. The molecule has 0 radical (unpaired) electrons. The highest BCUT2D eigenvalue weighted by Gasteiger charge is 2.27. The van der Waals surface area contributed by atoms with Crippen molar-refractivity contribution in [1.29, 1.82) is 0 Å². The van der Waals surface area contributed by atoms with Gasteiger partial charge < -0.3 is 14.6 Å². The zero-order valence-electron chi connectivity index (χ0n) is 10.8. The van der Waals surface area contributed by atoms with Crippen molar-refractivity contribution in [3.05, 3.63) is 41.0 Å². The second-order valence-electron chi connectivity index (χ2n) is 4.52. The topological polar surface area (TPSA) is 43.3 Å². The van der Waals surface area contributed by atoms with Crippen LogP contribution >= 0.6 is 11.3 Å². The summed E-state index contributed by atoms with van der Waals surface area (Å²) >= 11 is 1.57. The lowest BCUT2D eigenvalue weighted by Gasteiger charge is -2.17. The average molecular weight is 276 g/mol. The highest BCUT2D eigenvalue weighted by atomic mass is 32.1. The van der Waals surface area contributed by atoms with Gasteiger partial charge in [-0.3, -0.25) is 4.79 Å². The Kier molecular flexibility index (Phi) is 3.40. The van der Waals surface area contributed by atoms with Gasteiger partial charge in [-0.2, -0.15) is 0 Å². The van der Waals surface area contributed by atoms with Crippen molar-refractivity contribution < 1.29 is 9.53 Å². The van der Waals surface area contributed by atoms with Crippen molar-refractivity contribution in [2.24, 2.45) is 0 Å². The minimum atomic E-state index is -0.367. The van der Waals surface area contributed by atoms with Crippen molar-refractivity contribution in [3.8, 4) is 5.00 Å². The molecule has 3 heterocycles. The molecule has 1 aliphatic heterocycles. The number of aromatic nitrogens is 1. The van der Waals surface area contributed by atoms with Gasteiger partial charge in [-0.05, 0) is 30.0 Å². The molecule has 1 aliphatic rings. The fraction of sp³-hybridized carbons (Fsp3) is 0.357. The third-order valence-electron chi connectivity index (χ3n) is 3.20. The van der Waals surface area contributed by atoms with Crippen LogP contribution in [-0.2, 0) is 4.74 Å². The first-order chi connectivity index (χ1) is 9.31. The summed E-state index contributed by atoms with van der Waals surface area (Å²) in [7, 11) is 0. The van der Waals surface area contributed by atoms with Gasteiger partial charge in [0.15, 0.2) is 6.23 Å². The first-order valence-corrected chi connectivity index (χ1v) is 7.37. The molecule has 0 spiro atoms. The van der Waals surface area contributed by atoms with Crippen LogP contribution in [0.15, 0.2) is 29.8 Å². The van der Waals surface area contributed by atoms with Gasteiger partial charge >= 0.3 is 0 Å². The number of nitrogens with one attached hydrogen (secondary N) is 1. The summed E-state index contributed by atoms with van der Waals surface area (Å²) in [6.45, 7) is 2.77. The molecule has 1 atom stereocenters. The summed E-state index contributed by atoms with van der Waals surface area (Å²) in [4.78, 5) is 12.2. The number of unbranched alkanes of at least 4 members (excludes halogenated alkanes) is 1. The van der Waals surface area contributed by atoms with Gasteiger partial charge in [-0.25, -0.2) is 0 Å². The molecule has 3 rings (SSSR count). The Morgan fingerprint density at radius 3 is 3.21 bits per heavy atom. The maximum absolute atomic E-state index is 12.2. The third kappa shape index (κ3) is 2.19. The molecule has 19 heavy (non-hydrogen) atoms. The predicted octanol–water partition coefficient (Wildman–Crippen LogP) is 3.10. The average Bonchev–Trinajstić information content (AvgIpc) is 3.04. The van der Waals surface area contributed by atoms with Crippen LogP contribution in [0.3, 0.4) is 0 Å². The maximum Gasteiger partial charge on any atom is 0.256 e. The van der Waals surface area contributed by atoms with E-state index in [4.69, 9.17) is 4.74 Å². The van der Waals surface area contributed by atoms with E-state index in [0.29, 0.717) is 12.2 Å². The van der Waals surface area contributed by atoms with Crippen LogP contribution in [0.4, 0.5) is 0 Å². The van der Waals surface area contributed by atoms with E-state index in [-0.39, 0.29) is 12.1 Å². The highest BCUT2D eigenvalue weighted by molar-refractivity contribution is 7.13. The Hall–Kier alpha value is -1.59. The van der Waals surface area contributed by atoms with E-state index in [1.54, 1.807) is 11.3 Å². The fourth-order valence-electron chi connectivity index (χ4n) is 2.20. The van der Waals surface area contributed by atoms with E-state index in [1.165, 1.54) is 0 Å². The lowest BCUT2D eigenvalue weighted by molar-refractivity contribution is 0.0232. The summed E-state index contributed by atoms with van der Waals surface area (Å²) in [5.41, 5.74) is 1.69. The first kappa shape index (κ1) is 12.4. The molecule has 5 heteroatoms. The van der Waals surface area contributed by atoms with Gasteiger partial charge in [0.2, 0.25) is 0 Å². The third-order valence-corrected chi connectivity index (χ3v) is 4.11. The molecule has 2 aromatic heterocycles. The molecule has 4 nitrogen and oxygen atoms in total. The van der Waals surface area contributed by atoms with Gasteiger partial charge in [-0.1, -0.05) is 13.3 Å². The van der Waals surface area contributed by atoms with Crippen LogP contribution in [0.25, 0.3) is 5.00 Å². The number of carbonyl (C=O) groups is 1. The molecule has 0 aromatic carbocycles. The van der Waals surface area contributed by atoms with Crippen LogP contribution in [-0.4, -0.2) is 17.1 Å². The normalized spacial score (nSPS) is 17.5. The number of fused-ring (bicyclic) bond motifs is 3. The Balaban J connectivity index is 1.94. The molecule has 1 unspecified atom stereocenters. The van der Waals surface area contributed by atoms with Crippen molar-refractivity contribution in [2.45, 2.75) is 26.0 Å². The number of amides is 1. The van der Waals surface area contributed by atoms with E-state index >= 15 is 0 Å². The molecule has 0 fully saturated rings. The quantitative estimate of drug-likeness (QED) is 0.872. The monoisotopic (exact) mass is 276 g/mol. The van der Waals surface area contributed by atoms with Crippen molar-refractivity contribution in [2.75, 3.05) is 6.61 Å². The van der Waals surface area contributed by atoms with Crippen LogP contribution in [0, 0.1) is 0 Å². The highest BCUT2D eigenvalue weighted by Crippen LogP contribution is 2.30. The smallest absolute Gasteiger partial charge is 0.256 e. The summed E-state index contributed by atoms with van der Waals surface area (Å²) in [6.07, 6.45) is 3.68. The molecular weight excluding hydrogens is 260 g/mol. The van der Waals surface area contributed by atoms with Gasteiger partial charge in [-0.15, -0.1) is 11.3 Å². The Labute approximate surface area is 116 Å². The zero-order valence-corrected chi connectivity index (χ0v) is 11.6. The number of hydrogen-bond donors (Lipinski definition) is 1. The standard InChI is InChI=1S/C14H16N2O2S/c1-2-3-8-18-13-11-5-4-7-16(11)14-10(6-9-19-14)12(17)15-13/h4-7,9,13H,2-3,8H2,1H3,(H,15,17). The number of nitrogens with zero attached hydrogens (tertiary/aromatic N) is 1.